The number of aliphatic hydroxyl groups excluding tert-OH is 4. The summed E-state index contributed by atoms with van der Waals surface area (Å²) in [6.07, 6.45) is -5.89. The molecular formula is C12H22O7. The van der Waals surface area contributed by atoms with Crippen molar-refractivity contribution >= 4 is 0 Å². The molecule has 8 atom stereocenters. The summed E-state index contributed by atoms with van der Waals surface area (Å²) in [7, 11) is 0. The third-order valence-corrected chi connectivity index (χ3v) is 3.67. The van der Waals surface area contributed by atoms with Gasteiger partial charge >= 0.3 is 0 Å². The van der Waals surface area contributed by atoms with E-state index in [1.165, 1.54) is 0 Å². The van der Waals surface area contributed by atoms with Gasteiger partial charge in [0.2, 0.25) is 0 Å². The Hall–Kier alpha value is -0.280. The third kappa shape index (κ3) is 3.43. The molecule has 0 saturated carbocycles. The van der Waals surface area contributed by atoms with E-state index < -0.39 is 49.2 Å². The van der Waals surface area contributed by atoms with Crippen LogP contribution in [0.1, 0.15) is 26.7 Å². The molecule has 2 fully saturated rings. The average molecular weight is 278 g/mol. The van der Waals surface area contributed by atoms with Crippen molar-refractivity contribution in [1.82, 2.24) is 0 Å². The lowest BCUT2D eigenvalue weighted by Crippen LogP contribution is -2.53. The van der Waals surface area contributed by atoms with E-state index in [-0.39, 0.29) is 12.8 Å². The fourth-order valence-corrected chi connectivity index (χ4v) is 2.47. The topological polar surface area (TPSA) is 109 Å². The molecule has 0 aromatic carbocycles. The van der Waals surface area contributed by atoms with Crippen molar-refractivity contribution in [2.75, 3.05) is 0 Å². The molecule has 0 radical (unpaired) electrons. The van der Waals surface area contributed by atoms with Crippen LogP contribution < -0.4 is 0 Å². The summed E-state index contributed by atoms with van der Waals surface area (Å²) >= 11 is 0. The highest BCUT2D eigenvalue weighted by Gasteiger charge is 2.40. The fraction of sp³-hybridized carbons (Fsp3) is 1.00. The molecule has 0 bridgehead atoms. The molecule has 7 nitrogen and oxygen atoms in total. The summed E-state index contributed by atoms with van der Waals surface area (Å²) in [5, 5.41) is 38.7. The zero-order valence-corrected chi connectivity index (χ0v) is 11.0. The number of rotatable bonds is 2. The minimum Gasteiger partial charge on any atom is -0.390 e. The maximum Gasteiger partial charge on any atom is 0.161 e. The number of hydrogen-bond acceptors (Lipinski definition) is 7. The second-order valence-corrected chi connectivity index (χ2v) is 5.26. The summed E-state index contributed by atoms with van der Waals surface area (Å²) in [6.45, 7) is 3.29. The molecule has 2 aliphatic rings. The lowest BCUT2D eigenvalue weighted by Gasteiger charge is -2.40. The smallest absolute Gasteiger partial charge is 0.161 e. The summed E-state index contributed by atoms with van der Waals surface area (Å²) < 4.78 is 16.1. The first-order valence-electron chi connectivity index (χ1n) is 6.57. The van der Waals surface area contributed by atoms with Gasteiger partial charge in [-0.05, 0) is 13.8 Å². The van der Waals surface area contributed by atoms with Gasteiger partial charge in [0.15, 0.2) is 12.6 Å². The maximum atomic E-state index is 9.94. The molecule has 0 amide bonds. The molecule has 4 N–H and O–H groups in total. The third-order valence-electron chi connectivity index (χ3n) is 3.67. The zero-order chi connectivity index (χ0) is 14.2. The Labute approximate surface area is 111 Å². The number of ether oxygens (including phenoxy) is 3. The van der Waals surface area contributed by atoms with E-state index in [0.29, 0.717) is 0 Å². The van der Waals surface area contributed by atoms with Gasteiger partial charge in [-0.2, -0.15) is 0 Å². The quantitative estimate of drug-likeness (QED) is 0.498. The van der Waals surface area contributed by atoms with E-state index in [1.807, 2.05) is 0 Å². The standard InChI is InChI=1S/C12H22O7/c1-5-11(15)7(13)3-10(18-5)19-8-4-9(14)17-6(2)12(8)16/h5-16H,3-4H2,1-2H3/t5-,6-,7-,8-,9+,10+,11-,12+/m1/s1. The van der Waals surface area contributed by atoms with Crippen LogP contribution in [-0.4, -0.2) is 69.6 Å². The Kier molecular flexibility index (Phi) is 4.78. The summed E-state index contributed by atoms with van der Waals surface area (Å²) in [5.74, 6) is 0. The van der Waals surface area contributed by atoms with E-state index in [2.05, 4.69) is 0 Å². The van der Waals surface area contributed by atoms with Crippen LogP contribution in [0, 0.1) is 0 Å². The Balaban J connectivity index is 1.93. The minimum atomic E-state index is -0.986. The Bertz CT molecular complexity index is 288. The molecule has 0 unspecified atom stereocenters. The molecule has 2 saturated heterocycles. The van der Waals surface area contributed by atoms with E-state index >= 15 is 0 Å². The van der Waals surface area contributed by atoms with Crippen molar-refractivity contribution in [3.05, 3.63) is 0 Å². The van der Waals surface area contributed by atoms with Crippen molar-refractivity contribution in [1.29, 1.82) is 0 Å². The lowest BCUT2D eigenvalue weighted by molar-refractivity contribution is -0.300. The largest absolute Gasteiger partial charge is 0.390 e. The van der Waals surface area contributed by atoms with Gasteiger partial charge in [0.1, 0.15) is 12.2 Å². The second-order valence-electron chi connectivity index (χ2n) is 5.26. The molecule has 0 spiro atoms. The molecule has 0 aromatic heterocycles. The predicted molar refractivity (Wildman–Crippen MR) is 63.0 cm³/mol. The first-order chi connectivity index (χ1) is 8.88. The SMILES string of the molecule is C[C@H]1O[C@@H](O[C@@H]2C[C@@H](O)O[C@H](C)[C@@H]2O)C[C@@H](O)[C@@H]1O. The first kappa shape index (κ1) is 15.1. The number of hydrogen-bond donors (Lipinski definition) is 4. The van der Waals surface area contributed by atoms with Gasteiger partial charge in [-0.15, -0.1) is 0 Å². The lowest BCUT2D eigenvalue weighted by atomic mass is 10.0. The van der Waals surface area contributed by atoms with Crippen LogP contribution in [0.25, 0.3) is 0 Å². The van der Waals surface area contributed by atoms with E-state index in [4.69, 9.17) is 14.2 Å². The van der Waals surface area contributed by atoms with Crippen molar-refractivity contribution < 1.29 is 34.6 Å². The van der Waals surface area contributed by atoms with Crippen molar-refractivity contribution in [2.24, 2.45) is 0 Å². The highest BCUT2D eigenvalue weighted by Crippen LogP contribution is 2.27. The summed E-state index contributed by atoms with van der Waals surface area (Å²) in [5.41, 5.74) is 0. The molecule has 2 heterocycles. The van der Waals surface area contributed by atoms with E-state index in [9.17, 15) is 20.4 Å². The fourth-order valence-electron chi connectivity index (χ4n) is 2.47. The normalized spacial score (nSPS) is 52.1. The van der Waals surface area contributed by atoms with Crippen LogP contribution >= 0.6 is 0 Å². The van der Waals surface area contributed by atoms with Gasteiger partial charge in [-0.1, -0.05) is 0 Å². The van der Waals surface area contributed by atoms with Gasteiger partial charge in [0, 0.05) is 12.8 Å². The van der Waals surface area contributed by atoms with Crippen LogP contribution in [0.2, 0.25) is 0 Å². The van der Waals surface area contributed by atoms with Crippen molar-refractivity contribution in [3.8, 4) is 0 Å². The van der Waals surface area contributed by atoms with Crippen LogP contribution in [0.3, 0.4) is 0 Å². The average Bonchev–Trinajstić information content (AvgIpc) is 2.32. The first-order valence-corrected chi connectivity index (χ1v) is 6.57. The Morgan fingerprint density at radius 2 is 1.53 bits per heavy atom. The molecule has 0 aliphatic carbocycles. The van der Waals surface area contributed by atoms with Crippen LogP contribution in [0.5, 0.6) is 0 Å². The van der Waals surface area contributed by atoms with Gasteiger partial charge < -0.3 is 34.6 Å². The van der Waals surface area contributed by atoms with Crippen LogP contribution in [-0.2, 0) is 14.2 Å². The summed E-state index contributed by atoms with van der Waals surface area (Å²) in [4.78, 5) is 0. The second kappa shape index (κ2) is 6.01. The van der Waals surface area contributed by atoms with Crippen molar-refractivity contribution in [2.45, 2.75) is 75.9 Å². The monoisotopic (exact) mass is 278 g/mol. The molecule has 0 aromatic rings. The summed E-state index contributed by atoms with van der Waals surface area (Å²) in [6, 6.07) is 0. The number of aliphatic hydroxyl groups is 4. The van der Waals surface area contributed by atoms with E-state index in [0.717, 1.165) is 0 Å². The van der Waals surface area contributed by atoms with Gasteiger partial charge in [0.25, 0.3) is 0 Å². The van der Waals surface area contributed by atoms with Crippen molar-refractivity contribution in [3.63, 3.8) is 0 Å². The van der Waals surface area contributed by atoms with Crippen LogP contribution in [0.4, 0.5) is 0 Å². The molecular weight excluding hydrogens is 256 g/mol. The van der Waals surface area contributed by atoms with E-state index in [1.54, 1.807) is 13.8 Å². The van der Waals surface area contributed by atoms with Gasteiger partial charge in [0.05, 0.1) is 24.4 Å². The highest BCUT2D eigenvalue weighted by molar-refractivity contribution is 4.84. The van der Waals surface area contributed by atoms with Crippen LogP contribution in [0.15, 0.2) is 0 Å². The molecule has 2 rings (SSSR count). The Morgan fingerprint density at radius 3 is 2.16 bits per heavy atom. The molecule has 7 heteroatoms. The molecule has 19 heavy (non-hydrogen) atoms. The van der Waals surface area contributed by atoms with Gasteiger partial charge in [-0.25, -0.2) is 0 Å². The Morgan fingerprint density at radius 1 is 0.895 bits per heavy atom. The molecule has 112 valence electrons. The maximum absolute atomic E-state index is 9.94. The predicted octanol–water partition coefficient (Wildman–Crippen LogP) is -1.28. The highest BCUT2D eigenvalue weighted by atomic mass is 16.7. The molecule has 2 aliphatic heterocycles. The zero-order valence-electron chi connectivity index (χ0n) is 11.0. The van der Waals surface area contributed by atoms with Gasteiger partial charge in [-0.3, -0.25) is 0 Å². The minimum absolute atomic E-state index is 0.125.